The molecule has 41 heavy (non-hydrogen) atoms. The molecule has 11 heteroatoms. The second kappa shape index (κ2) is 11.8. The van der Waals surface area contributed by atoms with Crippen LogP contribution in [0, 0.1) is 0 Å². The van der Waals surface area contributed by atoms with Gasteiger partial charge >= 0.3 is 0 Å². The van der Waals surface area contributed by atoms with Gasteiger partial charge in [-0.05, 0) is 75.4 Å². The SMILES string of the molecule is CC(C)(Cc1ccccc1C1CCNCC1)Nc1nc(C2CNCCO2)nc(-n2c(C(F)F)nc3ccccc32)n1. The first-order valence-electron chi connectivity index (χ1n) is 14.3. The summed E-state index contributed by atoms with van der Waals surface area (Å²) in [7, 11) is 0. The number of hydrogen-bond acceptors (Lipinski definition) is 8. The average Bonchev–Trinajstić information content (AvgIpc) is 3.38. The van der Waals surface area contributed by atoms with Crippen molar-refractivity contribution < 1.29 is 13.5 Å². The number of nitrogens with one attached hydrogen (secondary N) is 3. The highest BCUT2D eigenvalue weighted by atomic mass is 19.3. The number of benzene rings is 2. The maximum absolute atomic E-state index is 14.2. The molecule has 216 valence electrons. The number of aromatic nitrogens is 5. The van der Waals surface area contributed by atoms with E-state index in [0.29, 0.717) is 41.9 Å². The molecule has 2 aromatic heterocycles. The molecule has 6 rings (SSSR count). The normalized spacial score (nSPS) is 18.7. The summed E-state index contributed by atoms with van der Waals surface area (Å²) >= 11 is 0. The first-order chi connectivity index (χ1) is 19.9. The summed E-state index contributed by atoms with van der Waals surface area (Å²) in [6.45, 7) is 8.00. The fourth-order valence-corrected chi connectivity index (χ4v) is 5.86. The molecule has 0 radical (unpaired) electrons. The van der Waals surface area contributed by atoms with E-state index in [1.807, 2.05) is 0 Å². The molecule has 3 N–H and O–H groups in total. The topological polar surface area (TPSA) is 102 Å². The predicted molar refractivity (Wildman–Crippen MR) is 154 cm³/mol. The van der Waals surface area contributed by atoms with Crippen LogP contribution in [0.4, 0.5) is 14.7 Å². The fourth-order valence-electron chi connectivity index (χ4n) is 5.86. The van der Waals surface area contributed by atoms with E-state index < -0.39 is 23.9 Å². The second-order valence-corrected chi connectivity index (χ2v) is 11.4. The summed E-state index contributed by atoms with van der Waals surface area (Å²) < 4.78 is 35.7. The molecule has 2 fully saturated rings. The van der Waals surface area contributed by atoms with Crippen LogP contribution in [0.15, 0.2) is 48.5 Å². The van der Waals surface area contributed by atoms with Crippen LogP contribution in [0.1, 0.15) is 67.9 Å². The zero-order valence-electron chi connectivity index (χ0n) is 23.4. The molecule has 0 amide bonds. The molecule has 0 saturated carbocycles. The summed E-state index contributed by atoms with van der Waals surface area (Å²) in [5, 5.41) is 10.3. The molecule has 1 unspecified atom stereocenters. The summed E-state index contributed by atoms with van der Waals surface area (Å²) in [5.41, 5.74) is 3.17. The summed E-state index contributed by atoms with van der Waals surface area (Å²) in [4.78, 5) is 18.2. The molecular formula is C30H36F2N8O. The zero-order valence-corrected chi connectivity index (χ0v) is 23.4. The molecule has 2 aromatic carbocycles. The standard InChI is InChI=1S/C30H36F2N8O/c1-30(2,17-20-7-3-4-8-21(20)19-11-13-33-14-12-19)39-28-36-26(24-18-34-15-16-41-24)37-29(38-28)40-23-10-6-5-9-22(23)35-27(40)25(31)32/h3-10,19,24-25,33-34H,11-18H2,1-2H3,(H,36,37,38,39). The molecule has 2 aliphatic heterocycles. The number of fused-ring (bicyclic) bond motifs is 1. The van der Waals surface area contributed by atoms with Crippen molar-refractivity contribution in [3.63, 3.8) is 0 Å². The van der Waals surface area contributed by atoms with Gasteiger partial charge in [-0.1, -0.05) is 36.4 Å². The van der Waals surface area contributed by atoms with E-state index in [0.717, 1.165) is 38.9 Å². The fraction of sp³-hybridized carbons (Fsp3) is 0.467. The Hall–Kier alpha value is -3.54. The number of rotatable bonds is 8. The van der Waals surface area contributed by atoms with Crippen molar-refractivity contribution in [3.05, 3.63) is 71.3 Å². The van der Waals surface area contributed by atoms with Crippen molar-refractivity contribution in [2.24, 2.45) is 0 Å². The molecule has 0 aliphatic carbocycles. The maximum atomic E-state index is 14.2. The Morgan fingerprint density at radius 3 is 2.54 bits per heavy atom. The van der Waals surface area contributed by atoms with Crippen molar-refractivity contribution in [1.29, 1.82) is 0 Å². The van der Waals surface area contributed by atoms with Crippen molar-refractivity contribution in [2.45, 2.75) is 57.1 Å². The number of nitrogens with zero attached hydrogens (tertiary/aromatic N) is 5. The molecule has 9 nitrogen and oxygen atoms in total. The minimum atomic E-state index is -2.81. The van der Waals surface area contributed by atoms with E-state index in [9.17, 15) is 8.78 Å². The largest absolute Gasteiger partial charge is 0.368 e. The monoisotopic (exact) mass is 562 g/mol. The number of alkyl halides is 2. The van der Waals surface area contributed by atoms with E-state index in [2.05, 4.69) is 69.0 Å². The lowest BCUT2D eigenvalue weighted by molar-refractivity contribution is 0.0220. The Morgan fingerprint density at radius 1 is 0.976 bits per heavy atom. The Kier molecular flexibility index (Phi) is 7.92. The Balaban J connectivity index is 1.37. The van der Waals surface area contributed by atoms with Crippen molar-refractivity contribution in [3.8, 4) is 5.95 Å². The number of anilines is 1. The number of halogens is 2. The van der Waals surface area contributed by atoms with Gasteiger partial charge in [0.25, 0.3) is 6.43 Å². The molecule has 4 heterocycles. The predicted octanol–water partition coefficient (Wildman–Crippen LogP) is 4.71. The average molecular weight is 563 g/mol. The zero-order chi connectivity index (χ0) is 28.4. The molecular weight excluding hydrogens is 526 g/mol. The van der Waals surface area contributed by atoms with Crippen LogP contribution in [0.25, 0.3) is 17.0 Å². The van der Waals surface area contributed by atoms with Crippen LogP contribution in [-0.2, 0) is 11.2 Å². The third-order valence-corrected chi connectivity index (χ3v) is 7.76. The molecule has 1 atom stereocenters. The van der Waals surface area contributed by atoms with E-state index in [1.54, 1.807) is 24.3 Å². The smallest absolute Gasteiger partial charge is 0.296 e. The minimum absolute atomic E-state index is 0.0848. The van der Waals surface area contributed by atoms with Gasteiger partial charge in [-0.15, -0.1) is 0 Å². The molecule has 0 spiro atoms. The molecule has 2 saturated heterocycles. The van der Waals surface area contributed by atoms with Crippen LogP contribution in [-0.4, -0.2) is 62.8 Å². The summed E-state index contributed by atoms with van der Waals surface area (Å²) in [6, 6.07) is 15.6. The number of morpholine rings is 1. The Bertz CT molecular complexity index is 1500. The Morgan fingerprint density at radius 2 is 1.76 bits per heavy atom. The van der Waals surface area contributed by atoms with Crippen molar-refractivity contribution in [1.82, 2.24) is 35.1 Å². The van der Waals surface area contributed by atoms with Crippen LogP contribution in [0.2, 0.25) is 0 Å². The maximum Gasteiger partial charge on any atom is 0.296 e. The van der Waals surface area contributed by atoms with Gasteiger partial charge in [0, 0.05) is 18.6 Å². The van der Waals surface area contributed by atoms with Gasteiger partial charge in [-0.2, -0.15) is 15.0 Å². The van der Waals surface area contributed by atoms with Crippen molar-refractivity contribution in [2.75, 3.05) is 38.1 Å². The van der Waals surface area contributed by atoms with Crippen molar-refractivity contribution >= 4 is 17.0 Å². The van der Waals surface area contributed by atoms with Gasteiger partial charge < -0.3 is 20.7 Å². The van der Waals surface area contributed by atoms with Gasteiger partial charge in [-0.25, -0.2) is 13.8 Å². The third kappa shape index (κ3) is 6.07. The number of piperidine rings is 1. The van der Waals surface area contributed by atoms with E-state index in [1.165, 1.54) is 15.7 Å². The molecule has 0 bridgehead atoms. The van der Waals surface area contributed by atoms with Gasteiger partial charge in [0.15, 0.2) is 11.6 Å². The van der Waals surface area contributed by atoms with E-state index in [4.69, 9.17) is 9.72 Å². The van der Waals surface area contributed by atoms with Crippen LogP contribution < -0.4 is 16.0 Å². The molecule has 2 aliphatic rings. The summed E-state index contributed by atoms with van der Waals surface area (Å²) in [6.07, 6.45) is -0.270. The number of hydrogen-bond donors (Lipinski definition) is 3. The third-order valence-electron chi connectivity index (χ3n) is 7.76. The van der Waals surface area contributed by atoms with Gasteiger partial charge in [0.1, 0.15) is 6.10 Å². The number of para-hydroxylation sites is 2. The van der Waals surface area contributed by atoms with Crippen LogP contribution in [0.5, 0.6) is 0 Å². The Labute approximate surface area is 238 Å². The second-order valence-electron chi connectivity index (χ2n) is 11.4. The minimum Gasteiger partial charge on any atom is -0.368 e. The highest BCUT2D eigenvalue weighted by molar-refractivity contribution is 5.77. The van der Waals surface area contributed by atoms with E-state index in [-0.39, 0.29) is 5.95 Å². The quantitative estimate of drug-likeness (QED) is 0.284. The van der Waals surface area contributed by atoms with Gasteiger partial charge in [0.2, 0.25) is 11.9 Å². The lowest BCUT2D eigenvalue weighted by Crippen LogP contribution is -2.37. The lowest BCUT2D eigenvalue weighted by Gasteiger charge is -2.31. The number of ether oxygens (including phenoxy) is 1. The van der Waals surface area contributed by atoms with Gasteiger partial charge in [0.05, 0.1) is 17.6 Å². The lowest BCUT2D eigenvalue weighted by atomic mass is 9.83. The highest BCUT2D eigenvalue weighted by Crippen LogP contribution is 2.32. The number of imidazole rings is 1. The van der Waals surface area contributed by atoms with E-state index >= 15 is 0 Å². The molecule has 4 aromatic rings. The van der Waals surface area contributed by atoms with Gasteiger partial charge in [-0.3, -0.25) is 4.57 Å². The summed E-state index contributed by atoms with van der Waals surface area (Å²) in [5.74, 6) is 0.890. The van der Waals surface area contributed by atoms with Crippen LogP contribution >= 0.6 is 0 Å². The first-order valence-corrected chi connectivity index (χ1v) is 14.3. The first kappa shape index (κ1) is 27.6. The van der Waals surface area contributed by atoms with Crippen LogP contribution in [0.3, 0.4) is 0 Å². The highest BCUT2D eigenvalue weighted by Gasteiger charge is 2.28.